The van der Waals surface area contributed by atoms with Gasteiger partial charge in [0.2, 0.25) is 0 Å². The highest BCUT2D eigenvalue weighted by molar-refractivity contribution is 9.10. The van der Waals surface area contributed by atoms with Crippen LogP contribution in [0.1, 0.15) is 0 Å². The highest BCUT2D eigenvalue weighted by Gasteiger charge is 2.05. The van der Waals surface area contributed by atoms with Crippen LogP contribution >= 0.6 is 15.9 Å². The second-order valence-electron chi connectivity index (χ2n) is 3.68. The number of hydrogen-bond donors (Lipinski definition) is 0. The number of nitrogens with zero attached hydrogens (tertiary/aromatic N) is 1. The van der Waals surface area contributed by atoms with E-state index in [-0.39, 0.29) is 0 Å². The van der Waals surface area contributed by atoms with Gasteiger partial charge in [-0.15, -0.1) is 0 Å². The van der Waals surface area contributed by atoms with Gasteiger partial charge in [-0.25, -0.2) is 4.21 Å². The molecule has 1 atom stereocenters. The second-order valence-corrected chi connectivity index (χ2v) is 6.86. The quantitative estimate of drug-likeness (QED) is 0.816. The summed E-state index contributed by atoms with van der Waals surface area (Å²) in [7, 11) is -2.38. The Hall–Kier alpha value is -1.13. The molecule has 0 aliphatic rings. The number of halogens is 1. The highest BCUT2D eigenvalue weighted by Crippen LogP contribution is 2.20. The average molecular weight is 310 g/mol. The average Bonchev–Trinajstić information content (AvgIpc) is 2.30. The van der Waals surface area contributed by atoms with Crippen LogP contribution < -0.4 is 0 Å². The molecule has 0 radical (unpaired) electrons. The van der Waals surface area contributed by atoms with E-state index in [4.69, 9.17) is 0 Å². The summed E-state index contributed by atoms with van der Waals surface area (Å²) in [4.78, 5) is 0.740. The number of rotatable bonds is 2. The van der Waals surface area contributed by atoms with E-state index in [1.54, 1.807) is 6.26 Å². The zero-order valence-electron chi connectivity index (χ0n) is 9.34. The zero-order valence-corrected chi connectivity index (χ0v) is 11.7. The molecule has 2 aromatic rings. The van der Waals surface area contributed by atoms with Gasteiger partial charge in [0, 0.05) is 15.6 Å². The highest BCUT2D eigenvalue weighted by atomic mass is 79.9. The molecule has 2 nitrogen and oxygen atoms in total. The molecule has 0 aliphatic heterocycles. The van der Waals surface area contributed by atoms with Crippen LogP contribution in [0.25, 0.3) is 0 Å². The number of hydrogen-bond acceptors (Lipinski definition) is 2. The van der Waals surface area contributed by atoms with Crippen molar-refractivity contribution in [3.05, 3.63) is 59.1 Å². The van der Waals surface area contributed by atoms with Gasteiger partial charge in [0.25, 0.3) is 0 Å². The minimum absolute atomic E-state index is 0.739. The first-order chi connectivity index (χ1) is 8.08. The maximum Gasteiger partial charge on any atom is 0.0771 e. The van der Waals surface area contributed by atoms with E-state index in [0.29, 0.717) is 0 Å². The van der Waals surface area contributed by atoms with Gasteiger partial charge in [-0.05, 0) is 36.4 Å². The lowest BCUT2D eigenvalue weighted by Gasteiger charge is -2.04. The van der Waals surface area contributed by atoms with Crippen LogP contribution in [0.2, 0.25) is 0 Å². The minimum atomic E-state index is -2.38. The van der Waals surface area contributed by atoms with Crippen molar-refractivity contribution < 1.29 is 4.21 Å². The smallest absolute Gasteiger partial charge is 0.0771 e. The van der Waals surface area contributed by atoms with Crippen LogP contribution in [0.3, 0.4) is 0 Å². The molecule has 17 heavy (non-hydrogen) atoms. The molecule has 4 heteroatoms. The fourth-order valence-electron chi connectivity index (χ4n) is 1.43. The summed E-state index contributed by atoms with van der Waals surface area (Å²) in [6.07, 6.45) is 1.66. The predicted octanol–water partition coefficient (Wildman–Crippen LogP) is 4.24. The topological polar surface area (TPSA) is 29.4 Å². The second kappa shape index (κ2) is 5.02. The lowest BCUT2D eigenvalue weighted by atomic mass is 10.3. The van der Waals surface area contributed by atoms with Gasteiger partial charge in [0.05, 0.1) is 15.4 Å². The molecular weight excluding hydrogens is 298 g/mol. The first-order valence-electron chi connectivity index (χ1n) is 5.11. The fourth-order valence-corrected chi connectivity index (χ4v) is 2.96. The third-order valence-corrected chi connectivity index (χ3v) is 4.52. The molecule has 2 rings (SSSR count). The Kier molecular flexibility index (Phi) is 3.64. The van der Waals surface area contributed by atoms with Crippen LogP contribution in [0.15, 0.2) is 68.3 Å². The first kappa shape index (κ1) is 12.3. The Morgan fingerprint density at radius 1 is 1.00 bits per heavy atom. The molecule has 0 N–H and O–H groups in total. The third kappa shape index (κ3) is 3.17. The Morgan fingerprint density at radius 2 is 1.59 bits per heavy atom. The molecule has 0 saturated heterocycles. The summed E-state index contributed by atoms with van der Waals surface area (Å²) in [5.41, 5.74) is 0.739. The van der Waals surface area contributed by atoms with Crippen LogP contribution in [0, 0.1) is 0 Å². The molecule has 0 aromatic heterocycles. The molecule has 2 aromatic carbocycles. The fraction of sp³-hybridized carbons (Fsp3) is 0.0769. The van der Waals surface area contributed by atoms with Gasteiger partial charge < -0.3 is 0 Å². The predicted molar refractivity (Wildman–Crippen MR) is 75.0 cm³/mol. The number of benzene rings is 2. The summed E-state index contributed by atoms with van der Waals surface area (Å²) < 4.78 is 17.8. The van der Waals surface area contributed by atoms with Gasteiger partial charge in [-0.2, -0.15) is 4.36 Å². The monoisotopic (exact) mass is 309 g/mol. The zero-order chi connectivity index (χ0) is 12.3. The Bertz CT molecular complexity index is 614. The van der Waals surface area contributed by atoms with Gasteiger partial charge in [-0.3, -0.25) is 0 Å². The molecule has 0 amide bonds. The Labute approximate surface area is 110 Å². The lowest BCUT2D eigenvalue weighted by molar-refractivity contribution is 0.681. The maximum atomic E-state index is 12.5. The van der Waals surface area contributed by atoms with E-state index >= 15 is 0 Å². The van der Waals surface area contributed by atoms with E-state index in [9.17, 15) is 4.21 Å². The van der Waals surface area contributed by atoms with Crippen LogP contribution in [0.4, 0.5) is 5.69 Å². The molecule has 0 saturated carbocycles. The van der Waals surface area contributed by atoms with Crippen molar-refractivity contribution in [2.24, 2.45) is 4.36 Å². The van der Waals surface area contributed by atoms with E-state index in [1.807, 2.05) is 54.6 Å². The summed E-state index contributed by atoms with van der Waals surface area (Å²) in [6.45, 7) is 0. The van der Waals surface area contributed by atoms with Gasteiger partial charge in [-0.1, -0.05) is 34.1 Å². The first-order valence-corrected chi connectivity index (χ1v) is 7.82. The minimum Gasteiger partial charge on any atom is -0.245 e. The molecule has 0 fully saturated rings. The molecule has 0 heterocycles. The van der Waals surface area contributed by atoms with Crippen molar-refractivity contribution in [2.45, 2.75) is 4.90 Å². The molecular formula is C13H12BrNOS. The standard InChI is InChI=1S/C13H12BrNOS/c1-17(16,13-9-7-11(14)8-10-13)15-12-5-3-2-4-6-12/h2-10H,1H3. The Morgan fingerprint density at radius 3 is 2.18 bits per heavy atom. The van der Waals surface area contributed by atoms with Crippen molar-refractivity contribution in [3.8, 4) is 0 Å². The molecule has 0 aliphatic carbocycles. The summed E-state index contributed by atoms with van der Waals surface area (Å²) >= 11 is 3.36. The van der Waals surface area contributed by atoms with Crippen molar-refractivity contribution in [3.63, 3.8) is 0 Å². The van der Waals surface area contributed by atoms with Gasteiger partial charge >= 0.3 is 0 Å². The van der Waals surface area contributed by atoms with Gasteiger partial charge in [0.1, 0.15) is 0 Å². The lowest BCUT2D eigenvalue weighted by Crippen LogP contribution is -1.96. The van der Waals surface area contributed by atoms with Crippen LogP contribution in [-0.2, 0) is 9.73 Å². The van der Waals surface area contributed by atoms with E-state index in [2.05, 4.69) is 20.3 Å². The molecule has 88 valence electrons. The summed E-state index contributed by atoms with van der Waals surface area (Å²) in [5.74, 6) is 0. The molecule has 0 bridgehead atoms. The molecule has 1 unspecified atom stereocenters. The Balaban J connectivity index is 2.46. The van der Waals surface area contributed by atoms with E-state index < -0.39 is 9.73 Å². The maximum absolute atomic E-state index is 12.5. The van der Waals surface area contributed by atoms with Crippen molar-refractivity contribution >= 4 is 31.3 Å². The largest absolute Gasteiger partial charge is 0.245 e. The molecule has 0 spiro atoms. The van der Waals surface area contributed by atoms with Crippen molar-refractivity contribution in [2.75, 3.05) is 6.26 Å². The summed E-state index contributed by atoms with van der Waals surface area (Å²) in [5, 5.41) is 0. The van der Waals surface area contributed by atoms with Crippen molar-refractivity contribution in [1.29, 1.82) is 0 Å². The van der Waals surface area contributed by atoms with Crippen molar-refractivity contribution in [1.82, 2.24) is 0 Å². The third-order valence-electron chi connectivity index (χ3n) is 2.29. The summed E-state index contributed by atoms with van der Waals surface area (Å²) in [6, 6.07) is 16.8. The van der Waals surface area contributed by atoms with Crippen LogP contribution in [0.5, 0.6) is 0 Å². The van der Waals surface area contributed by atoms with E-state index in [1.165, 1.54) is 0 Å². The SMILES string of the molecule is CS(=O)(=Nc1ccccc1)c1ccc(Br)cc1. The van der Waals surface area contributed by atoms with E-state index in [0.717, 1.165) is 15.1 Å². The van der Waals surface area contributed by atoms with Crippen LogP contribution in [-0.4, -0.2) is 10.5 Å². The van der Waals surface area contributed by atoms with Gasteiger partial charge in [0.15, 0.2) is 0 Å². The normalized spacial score (nSPS) is 14.0.